The highest BCUT2D eigenvalue weighted by Gasteiger charge is 2.16. The van der Waals surface area contributed by atoms with Gasteiger partial charge in [0.1, 0.15) is 0 Å². The molecule has 0 atom stereocenters. The molecule has 1 rings (SSSR count). The van der Waals surface area contributed by atoms with Gasteiger partial charge in [0.15, 0.2) is 0 Å². The van der Waals surface area contributed by atoms with Crippen LogP contribution in [0.3, 0.4) is 0 Å². The van der Waals surface area contributed by atoms with Crippen LogP contribution in [0.5, 0.6) is 0 Å². The van der Waals surface area contributed by atoms with E-state index in [2.05, 4.69) is 19.1 Å². The van der Waals surface area contributed by atoms with Crippen molar-refractivity contribution in [1.29, 1.82) is 0 Å². The van der Waals surface area contributed by atoms with Crippen LogP contribution in [0.4, 0.5) is 0 Å². The van der Waals surface area contributed by atoms with Crippen LogP contribution >= 0.6 is 0 Å². The van der Waals surface area contributed by atoms with E-state index in [4.69, 9.17) is 5.11 Å². The average Bonchev–Trinajstić information content (AvgIpc) is 2.43. The second-order valence-corrected chi connectivity index (χ2v) is 5.50. The minimum Gasteiger partial charge on any atom is -0.395 e. The molecule has 0 saturated carbocycles. The van der Waals surface area contributed by atoms with Gasteiger partial charge in [-0.2, -0.15) is 0 Å². The average molecular weight is 277 g/mol. The minimum atomic E-state index is 0.0138. The van der Waals surface area contributed by atoms with E-state index in [-0.39, 0.29) is 18.6 Å². The van der Waals surface area contributed by atoms with E-state index < -0.39 is 0 Å². The number of carbonyl (C=O) groups is 1. The number of hydrogen-bond donors (Lipinski definition) is 1. The Morgan fingerprint density at radius 3 is 2.30 bits per heavy atom. The van der Waals surface area contributed by atoms with Crippen molar-refractivity contribution in [3.05, 3.63) is 35.4 Å². The first-order valence-corrected chi connectivity index (χ1v) is 7.56. The van der Waals surface area contributed by atoms with Gasteiger partial charge in [0.05, 0.1) is 13.0 Å². The number of nitrogens with zero attached hydrogens (tertiary/aromatic N) is 1. The largest absolute Gasteiger partial charge is 0.395 e. The van der Waals surface area contributed by atoms with Crippen molar-refractivity contribution in [2.24, 2.45) is 0 Å². The minimum absolute atomic E-state index is 0.0138. The van der Waals surface area contributed by atoms with Crippen molar-refractivity contribution in [2.75, 3.05) is 13.2 Å². The number of aryl methyl sites for hydroxylation is 1. The Balaban J connectivity index is 2.60. The number of hydrogen-bond acceptors (Lipinski definition) is 2. The number of carbonyl (C=O) groups excluding carboxylic acids is 1. The normalized spacial score (nSPS) is 10.8. The lowest BCUT2D eigenvalue weighted by Crippen LogP contribution is -2.39. The number of rotatable bonds is 8. The molecule has 0 bridgehead atoms. The monoisotopic (exact) mass is 277 g/mol. The van der Waals surface area contributed by atoms with Gasteiger partial charge in [-0.3, -0.25) is 4.79 Å². The third kappa shape index (κ3) is 5.33. The molecule has 0 radical (unpaired) electrons. The van der Waals surface area contributed by atoms with Gasteiger partial charge in [0.2, 0.25) is 5.91 Å². The molecule has 0 aliphatic heterocycles. The number of aliphatic hydroxyl groups excluding tert-OH is 1. The summed E-state index contributed by atoms with van der Waals surface area (Å²) in [6.07, 6.45) is 3.92. The van der Waals surface area contributed by atoms with Crippen LogP contribution in [-0.2, 0) is 17.6 Å². The van der Waals surface area contributed by atoms with E-state index in [1.54, 1.807) is 4.90 Å². The van der Waals surface area contributed by atoms with Crippen molar-refractivity contribution in [3.63, 3.8) is 0 Å². The number of aliphatic hydroxyl groups is 1. The summed E-state index contributed by atoms with van der Waals surface area (Å²) < 4.78 is 0. The van der Waals surface area contributed by atoms with E-state index in [0.29, 0.717) is 13.0 Å². The van der Waals surface area contributed by atoms with Gasteiger partial charge in [0, 0.05) is 12.6 Å². The summed E-state index contributed by atoms with van der Waals surface area (Å²) in [5, 5.41) is 9.03. The maximum atomic E-state index is 12.2. The van der Waals surface area contributed by atoms with Crippen molar-refractivity contribution < 1.29 is 9.90 Å². The second-order valence-electron chi connectivity index (χ2n) is 5.50. The molecule has 0 unspecified atom stereocenters. The van der Waals surface area contributed by atoms with Crippen molar-refractivity contribution in [2.45, 2.75) is 52.5 Å². The third-order valence-electron chi connectivity index (χ3n) is 3.48. The Kier molecular flexibility index (Phi) is 7.31. The van der Waals surface area contributed by atoms with Gasteiger partial charge in [-0.15, -0.1) is 0 Å². The van der Waals surface area contributed by atoms with Crippen LogP contribution in [0, 0.1) is 0 Å². The highest BCUT2D eigenvalue weighted by molar-refractivity contribution is 5.79. The summed E-state index contributed by atoms with van der Waals surface area (Å²) in [5.41, 5.74) is 2.37. The molecule has 1 N–H and O–H groups in total. The fourth-order valence-electron chi connectivity index (χ4n) is 2.26. The number of benzene rings is 1. The molecule has 1 aromatic rings. The standard InChI is InChI=1S/C17H27NO2/c1-4-5-6-15-7-9-16(10-8-15)13-17(20)18(11-12-19)14(2)3/h7-10,14,19H,4-6,11-13H2,1-3H3. The van der Waals surface area contributed by atoms with Crippen molar-refractivity contribution in [1.82, 2.24) is 4.90 Å². The highest BCUT2D eigenvalue weighted by Crippen LogP contribution is 2.10. The molecule has 20 heavy (non-hydrogen) atoms. The Hall–Kier alpha value is -1.35. The summed E-state index contributed by atoms with van der Waals surface area (Å²) in [4.78, 5) is 13.9. The maximum Gasteiger partial charge on any atom is 0.227 e. The van der Waals surface area contributed by atoms with Crippen LogP contribution < -0.4 is 0 Å². The summed E-state index contributed by atoms with van der Waals surface area (Å²) in [6, 6.07) is 8.44. The zero-order valence-corrected chi connectivity index (χ0v) is 12.9. The van der Waals surface area contributed by atoms with Crippen molar-refractivity contribution >= 4 is 5.91 Å². The Morgan fingerprint density at radius 1 is 1.20 bits per heavy atom. The predicted molar refractivity (Wildman–Crippen MR) is 82.7 cm³/mol. The zero-order valence-electron chi connectivity index (χ0n) is 12.9. The summed E-state index contributed by atoms with van der Waals surface area (Å²) in [7, 11) is 0. The first-order valence-electron chi connectivity index (χ1n) is 7.56. The van der Waals surface area contributed by atoms with Gasteiger partial charge in [-0.25, -0.2) is 0 Å². The molecule has 0 aliphatic rings. The van der Waals surface area contributed by atoms with Gasteiger partial charge < -0.3 is 10.0 Å². The molecule has 0 aliphatic carbocycles. The number of amides is 1. The molecule has 0 fully saturated rings. The molecule has 1 amide bonds. The molecular weight excluding hydrogens is 250 g/mol. The summed E-state index contributed by atoms with van der Waals surface area (Å²) in [5.74, 6) is 0.0790. The van der Waals surface area contributed by atoms with E-state index in [0.717, 1.165) is 12.0 Å². The SMILES string of the molecule is CCCCc1ccc(CC(=O)N(CCO)C(C)C)cc1. The lowest BCUT2D eigenvalue weighted by Gasteiger charge is -2.26. The third-order valence-corrected chi connectivity index (χ3v) is 3.48. The molecule has 3 heteroatoms. The second kappa shape index (κ2) is 8.75. The maximum absolute atomic E-state index is 12.2. The first-order chi connectivity index (χ1) is 9.58. The van der Waals surface area contributed by atoms with Gasteiger partial charge in [-0.1, -0.05) is 37.6 Å². The fourth-order valence-corrected chi connectivity index (χ4v) is 2.26. The molecule has 1 aromatic carbocycles. The van der Waals surface area contributed by atoms with Crippen LogP contribution in [0.2, 0.25) is 0 Å². The Morgan fingerprint density at radius 2 is 1.80 bits per heavy atom. The topological polar surface area (TPSA) is 40.5 Å². The van der Waals surface area contributed by atoms with Gasteiger partial charge in [-0.05, 0) is 37.8 Å². The van der Waals surface area contributed by atoms with E-state index in [1.807, 2.05) is 26.0 Å². The fraction of sp³-hybridized carbons (Fsp3) is 0.588. The molecule has 0 saturated heterocycles. The van der Waals surface area contributed by atoms with E-state index in [9.17, 15) is 4.79 Å². The van der Waals surface area contributed by atoms with Crippen molar-refractivity contribution in [3.8, 4) is 0 Å². The molecule has 3 nitrogen and oxygen atoms in total. The smallest absolute Gasteiger partial charge is 0.227 e. The molecule has 112 valence electrons. The van der Waals surface area contributed by atoms with Crippen LogP contribution in [-0.4, -0.2) is 35.1 Å². The number of unbranched alkanes of at least 4 members (excludes halogenated alkanes) is 1. The zero-order chi connectivity index (χ0) is 15.0. The quantitative estimate of drug-likeness (QED) is 0.794. The Labute approximate surface area is 122 Å². The van der Waals surface area contributed by atoms with Gasteiger partial charge in [0.25, 0.3) is 0 Å². The molecule has 0 aromatic heterocycles. The van der Waals surface area contributed by atoms with E-state index in [1.165, 1.54) is 18.4 Å². The van der Waals surface area contributed by atoms with Crippen LogP contribution in [0.15, 0.2) is 24.3 Å². The summed E-state index contributed by atoms with van der Waals surface area (Å²) >= 11 is 0. The van der Waals surface area contributed by atoms with Crippen LogP contribution in [0.1, 0.15) is 44.7 Å². The predicted octanol–water partition coefficient (Wildman–Crippen LogP) is 2.80. The molecule has 0 heterocycles. The lowest BCUT2D eigenvalue weighted by molar-refractivity contribution is -0.132. The first kappa shape index (κ1) is 16.7. The lowest BCUT2D eigenvalue weighted by atomic mass is 10.0. The van der Waals surface area contributed by atoms with Gasteiger partial charge >= 0.3 is 0 Å². The Bertz CT molecular complexity index is 398. The van der Waals surface area contributed by atoms with Crippen LogP contribution in [0.25, 0.3) is 0 Å². The summed E-state index contributed by atoms with van der Waals surface area (Å²) in [6.45, 7) is 6.56. The molecule has 0 spiro atoms. The highest BCUT2D eigenvalue weighted by atomic mass is 16.3. The van der Waals surface area contributed by atoms with E-state index >= 15 is 0 Å². The molecular formula is C17H27NO2.